The predicted octanol–water partition coefficient (Wildman–Crippen LogP) is 1.15. The van der Waals surface area contributed by atoms with Gasteiger partial charge in [-0.15, -0.1) is 4.36 Å². The molecule has 10 heteroatoms. The molecular weight excluding hydrogens is 364 g/mol. The zero-order valence-corrected chi connectivity index (χ0v) is 15.6. The highest BCUT2D eigenvalue weighted by atomic mass is 32.2. The molecule has 1 heterocycles. The molecule has 1 aliphatic heterocycles. The summed E-state index contributed by atoms with van der Waals surface area (Å²) in [6.07, 6.45) is 2.00. The first kappa shape index (κ1) is 19.3. The highest BCUT2D eigenvalue weighted by Crippen LogP contribution is 2.33. The summed E-state index contributed by atoms with van der Waals surface area (Å²) >= 11 is 5.02. The number of amides is 1. The average Bonchev–Trinajstić information content (AvgIpc) is 3.08. The van der Waals surface area contributed by atoms with Gasteiger partial charge in [-0.1, -0.05) is 6.07 Å². The van der Waals surface area contributed by atoms with Crippen LogP contribution in [0.3, 0.4) is 0 Å². The van der Waals surface area contributed by atoms with E-state index in [4.69, 9.17) is 17.0 Å². The molecule has 0 bridgehead atoms. The number of hydrogen-bond acceptors (Lipinski definition) is 7. The molecule has 0 spiro atoms. The molecule has 0 aliphatic carbocycles. The van der Waals surface area contributed by atoms with Crippen LogP contribution in [0.25, 0.3) is 0 Å². The van der Waals surface area contributed by atoms with Crippen LogP contribution < -0.4 is 15.4 Å². The van der Waals surface area contributed by atoms with Crippen LogP contribution in [-0.2, 0) is 15.3 Å². The molecule has 1 aliphatic rings. The van der Waals surface area contributed by atoms with Crippen LogP contribution in [0.5, 0.6) is 5.75 Å². The predicted molar refractivity (Wildman–Crippen MR) is 97.4 cm³/mol. The lowest BCUT2D eigenvalue weighted by Gasteiger charge is -2.27. The Labute approximate surface area is 153 Å². The minimum Gasteiger partial charge on any atom is -0.494 e. The molecule has 1 atom stereocenters. The molecule has 1 saturated heterocycles. The highest BCUT2D eigenvalue weighted by molar-refractivity contribution is 7.80. The van der Waals surface area contributed by atoms with Crippen molar-refractivity contribution < 1.29 is 17.9 Å². The number of carbonyl (C=O) groups excluding carboxylic acids is 1. The van der Waals surface area contributed by atoms with E-state index in [0.29, 0.717) is 11.3 Å². The molecular formula is C15H20N4O4S2. The minimum absolute atomic E-state index is 0.154. The lowest BCUT2D eigenvalue weighted by molar-refractivity contribution is -0.124. The molecule has 8 nitrogen and oxygen atoms in total. The van der Waals surface area contributed by atoms with Gasteiger partial charge < -0.3 is 15.4 Å². The van der Waals surface area contributed by atoms with Gasteiger partial charge in [0.1, 0.15) is 17.5 Å². The Morgan fingerprint density at radius 2 is 2.04 bits per heavy atom. The number of hydrogen-bond donors (Lipinski definition) is 2. The van der Waals surface area contributed by atoms with E-state index in [1.165, 1.54) is 7.11 Å². The van der Waals surface area contributed by atoms with E-state index in [-0.39, 0.29) is 16.7 Å². The molecule has 0 saturated carbocycles. The van der Waals surface area contributed by atoms with Gasteiger partial charge in [-0.05, 0) is 55.8 Å². The van der Waals surface area contributed by atoms with Gasteiger partial charge in [0.25, 0.3) is 0 Å². The summed E-state index contributed by atoms with van der Waals surface area (Å²) < 4.78 is 30.6. The smallest absolute Gasteiger partial charge is 0.316 e. The molecule has 136 valence electrons. The Hall–Kier alpha value is -2.04. The van der Waals surface area contributed by atoms with Gasteiger partial charge in [0.2, 0.25) is 5.91 Å². The maximum absolute atomic E-state index is 12.7. The molecule has 0 aromatic heterocycles. The number of benzene rings is 1. The lowest BCUT2D eigenvalue weighted by atomic mass is 10.0. The number of methoxy groups -OCH3 is 1. The molecule has 25 heavy (non-hydrogen) atoms. The third-order valence-electron chi connectivity index (χ3n) is 3.91. The molecule has 1 amide bonds. The Kier molecular flexibility index (Phi) is 6.85. The average molecular weight is 384 g/mol. The highest BCUT2D eigenvalue weighted by Gasteiger charge is 2.30. The topological polar surface area (TPSA) is 100 Å². The van der Waals surface area contributed by atoms with Gasteiger partial charge in [-0.2, -0.15) is 8.42 Å². The van der Waals surface area contributed by atoms with E-state index in [9.17, 15) is 13.2 Å². The number of ether oxygens (including phenoxy) is 1. The number of thiocarbonyl (C=S) groups is 1. The van der Waals surface area contributed by atoms with Crippen molar-refractivity contribution >= 4 is 39.4 Å². The van der Waals surface area contributed by atoms with Crippen molar-refractivity contribution in [3.63, 3.8) is 0 Å². The van der Waals surface area contributed by atoms with Gasteiger partial charge >= 0.3 is 10.5 Å². The fourth-order valence-electron chi connectivity index (χ4n) is 2.80. The van der Waals surface area contributed by atoms with Crippen LogP contribution in [-0.4, -0.2) is 51.6 Å². The second-order valence-electron chi connectivity index (χ2n) is 5.45. The van der Waals surface area contributed by atoms with E-state index in [2.05, 4.69) is 15.0 Å². The van der Waals surface area contributed by atoms with Crippen molar-refractivity contribution in [3.05, 3.63) is 23.8 Å². The van der Waals surface area contributed by atoms with E-state index >= 15 is 0 Å². The van der Waals surface area contributed by atoms with E-state index in [0.717, 1.165) is 25.9 Å². The Balaban J connectivity index is 2.44. The molecule has 2 N–H and O–H groups in total. The number of likely N-dealkylation sites (tertiary alicyclic amines) is 1. The zero-order chi connectivity index (χ0) is 18.4. The first-order chi connectivity index (χ1) is 12.0. The van der Waals surface area contributed by atoms with Crippen molar-refractivity contribution in [2.24, 2.45) is 4.36 Å². The van der Waals surface area contributed by atoms with Gasteiger partial charge in [-0.25, -0.2) is 0 Å². The molecule has 2 rings (SSSR count). The molecule has 1 fully saturated rings. The van der Waals surface area contributed by atoms with Crippen LogP contribution in [0.15, 0.2) is 22.6 Å². The first-order valence-electron chi connectivity index (χ1n) is 7.72. The van der Waals surface area contributed by atoms with Gasteiger partial charge in [0.15, 0.2) is 5.11 Å². The summed E-state index contributed by atoms with van der Waals surface area (Å²) in [6, 6.07) is 4.30. The third-order valence-corrected chi connectivity index (χ3v) is 4.56. The Morgan fingerprint density at radius 3 is 2.60 bits per heavy atom. The van der Waals surface area contributed by atoms with Crippen LogP contribution in [0.1, 0.15) is 24.4 Å². The van der Waals surface area contributed by atoms with E-state index in [1.54, 1.807) is 25.2 Å². The fraction of sp³-hybridized carbons (Fsp3) is 0.467. The first-order valence-corrected chi connectivity index (χ1v) is 9.16. The molecule has 1 aromatic carbocycles. The van der Waals surface area contributed by atoms with Crippen LogP contribution in [0, 0.1) is 0 Å². The summed E-state index contributed by atoms with van der Waals surface area (Å²) in [6.45, 7) is 1.55. The number of rotatable bonds is 5. The standard InChI is InChI=1S/C15H20N4O4S2/c1-16-15(24)17-14(20)13(19-7-3-4-8-19)10-5-6-12(23-2)11(9-10)18-25(21)22/h5-6,9,13H,3-4,7-8H2,1-2H3,(H2,16,17,20,24). The van der Waals surface area contributed by atoms with Crippen molar-refractivity contribution in [3.8, 4) is 5.75 Å². The second kappa shape index (κ2) is 8.88. The van der Waals surface area contributed by atoms with Crippen LogP contribution >= 0.6 is 12.2 Å². The van der Waals surface area contributed by atoms with Crippen LogP contribution in [0.4, 0.5) is 5.69 Å². The van der Waals surface area contributed by atoms with Gasteiger partial charge in [0, 0.05) is 7.05 Å². The number of nitrogens with zero attached hydrogens (tertiary/aromatic N) is 2. The quantitative estimate of drug-likeness (QED) is 0.735. The Bertz CT molecular complexity index is 781. The largest absolute Gasteiger partial charge is 0.494 e. The van der Waals surface area contributed by atoms with Crippen molar-refractivity contribution in [1.82, 2.24) is 15.5 Å². The second-order valence-corrected chi connectivity index (χ2v) is 6.48. The molecule has 1 unspecified atom stereocenters. The molecule has 1 aromatic rings. The maximum atomic E-state index is 12.7. The number of nitrogens with one attached hydrogen (secondary N) is 2. The number of carbonyl (C=O) groups is 1. The van der Waals surface area contributed by atoms with E-state index < -0.39 is 16.5 Å². The van der Waals surface area contributed by atoms with Crippen molar-refractivity contribution in [2.45, 2.75) is 18.9 Å². The summed E-state index contributed by atoms with van der Waals surface area (Å²) in [7, 11) is 0.432. The monoisotopic (exact) mass is 384 g/mol. The summed E-state index contributed by atoms with van der Waals surface area (Å²) in [5.41, 5.74) is 0.782. The minimum atomic E-state index is -2.62. The maximum Gasteiger partial charge on any atom is 0.316 e. The van der Waals surface area contributed by atoms with Gasteiger partial charge in [-0.3, -0.25) is 9.69 Å². The Morgan fingerprint density at radius 1 is 1.36 bits per heavy atom. The van der Waals surface area contributed by atoms with Crippen LogP contribution in [0.2, 0.25) is 0 Å². The fourth-order valence-corrected chi connectivity index (χ4v) is 3.20. The normalized spacial score (nSPS) is 15.3. The van der Waals surface area contributed by atoms with E-state index in [1.807, 2.05) is 4.90 Å². The lowest BCUT2D eigenvalue weighted by Crippen LogP contribution is -2.44. The summed E-state index contributed by atoms with van der Waals surface area (Å²) in [4.78, 5) is 14.8. The van der Waals surface area contributed by atoms with Crippen molar-refractivity contribution in [1.29, 1.82) is 0 Å². The van der Waals surface area contributed by atoms with Crippen molar-refractivity contribution in [2.75, 3.05) is 27.2 Å². The molecule has 0 radical (unpaired) electrons. The third kappa shape index (κ3) is 4.97. The van der Waals surface area contributed by atoms with Gasteiger partial charge in [0.05, 0.1) is 7.11 Å². The summed E-state index contributed by atoms with van der Waals surface area (Å²) in [5, 5.41) is 5.59. The SMILES string of the molecule is CNC(=S)NC(=O)C(c1ccc(OC)c(N=S(=O)=O)c1)N1CCCC1. The zero-order valence-electron chi connectivity index (χ0n) is 14.0. The summed E-state index contributed by atoms with van der Waals surface area (Å²) in [5.74, 6) is 0.0416.